The van der Waals surface area contributed by atoms with Crippen molar-refractivity contribution in [2.75, 3.05) is 7.11 Å². The Balaban J connectivity index is 1.34. The smallest absolute Gasteiger partial charge is 0.189 e. The lowest BCUT2D eigenvalue weighted by Gasteiger charge is -2.25. The molecule has 1 aliphatic carbocycles. The first kappa shape index (κ1) is 21.6. The highest BCUT2D eigenvalue weighted by Gasteiger charge is 2.21. The van der Waals surface area contributed by atoms with Crippen molar-refractivity contribution in [1.29, 1.82) is 0 Å². The molecular weight excluding hydrogens is 408 g/mol. The number of hydrogen-bond donors (Lipinski definition) is 0. The Morgan fingerprint density at radius 1 is 0.710 bits per heavy atom. The first-order chi connectivity index (χ1) is 15.1. The van der Waals surface area contributed by atoms with Gasteiger partial charge in [0.05, 0.1) is 18.1 Å². The summed E-state index contributed by atoms with van der Waals surface area (Å²) in [6, 6.07) is 23.2. The van der Waals surface area contributed by atoms with E-state index in [1.54, 1.807) is 7.11 Å². The van der Waals surface area contributed by atoms with Crippen molar-refractivity contribution in [2.45, 2.75) is 43.6 Å². The molecule has 1 saturated carbocycles. The first-order valence-corrected chi connectivity index (χ1v) is 11.8. The van der Waals surface area contributed by atoms with Crippen molar-refractivity contribution in [2.24, 2.45) is 5.92 Å². The Kier molecular flexibility index (Phi) is 7.05. The molecule has 0 saturated heterocycles. The molecule has 0 aromatic heterocycles. The van der Waals surface area contributed by atoms with E-state index in [-0.39, 0.29) is 6.10 Å². The Morgan fingerprint density at radius 3 is 1.71 bits per heavy atom. The van der Waals surface area contributed by atoms with Crippen LogP contribution in [0, 0.1) is 5.92 Å². The minimum atomic E-state index is -1.44. The number of rotatable bonds is 7. The van der Waals surface area contributed by atoms with Crippen LogP contribution < -0.4 is 9.47 Å². The van der Waals surface area contributed by atoms with Crippen LogP contribution in [0.3, 0.4) is 0 Å². The van der Waals surface area contributed by atoms with Gasteiger partial charge >= 0.3 is 0 Å². The summed E-state index contributed by atoms with van der Waals surface area (Å²) < 4.78 is 29.4. The standard InChI is InChI=1S/C26H28O4S/c1-19-3-9-25(10-4-19)30-31(27)26-17-15-24(16-18-26)29-23-13-7-21(8-14-23)20-5-11-22(28-2)12-6-20/h5-8,11-19,25H,3-4,9-10H2,1-2H3. The molecule has 0 aliphatic heterocycles. The maximum Gasteiger partial charge on any atom is 0.189 e. The van der Waals surface area contributed by atoms with Crippen LogP contribution in [0.4, 0.5) is 0 Å². The highest BCUT2D eigenvalue weighted by molar-refractivity contribution is 7.80. The zero-order valence-corrected chi connectivity index (χ0v) is 18.8. The predicted octanol–water partition coefficient (Wildman–Crippen LogP) is 6.77. The van der Waals surface area contributed by atoms with Crippen molar-refractivity contribution in [3.8, 4) is 28.4 Å². The van der Waals surface area contributed by atoms with Crippen LogP contribution >= 0.6 is 0 Å². The molecule has 4 nitrogen and oxygen atoms in total. The van der Waals surface area contributed by atoms with Crippen molar-refractivity contribution in [3.05, 3.63) is 72.8 Å². The molecule has 0 heterocycles. The van der Waals surface area contributed by atoms with E-state index in [0.717, 1.165) is 54.2 Å². The third-order valence-corrected chi connectivity index (χ3v) is 6.82. The van der Waals surface area contributed by atoms with Gasteiger partial charge in [-0.2, -0.15) is 0 Å². The monoisotopic (exact) mass is 436 g/mol. The van der Waals surface area contributed by atoms with Crippen LogP contribution in [-0.2, 0) is 15.3 Å². The highest BCUT2D eigenvalue weighted by atomic mass is 32.2. The Labute approximate surface area is 186 Å². The van der Waals surface area contributed by atoms with E-state index in [9.17, 15) is 4.21 Å². The second-order valence-corrected chi connectivity index (χ2v) is 9.17. The zero-order valence-electron chi connectivity index (χ0n) is 18.0. The average molecular weight is 437 g/mol. The van der Waals surface area contributed by atoms with Gasteiger partial charge in [0.25, 0.3) is 0 Å². The summed E-state index contributed by atoms with van der Waals surface area (Å²) in [7, 11) is 1.66. The van der Waals surface area contributed by atoms with E-state index < -0.39 is 11.1 Å². The van der Waals surface area contributed by atoms with Gasteiger partial charge in [-0.15, -0.1) is 0 Å². The van der Waals surface area contributed by atoms with Gasteiger partial charge in [-0.1, -0.05) is 31.2 Å². The lowest BCUT2D eigenvalue weighted by atomic mass is 9.89. The molecule has 1 atom stereocenters. The lowest BCUT2D eigenvalue weighted by Crippen LogP contribution is -2.21. The van der Waals surface area contributed by atoms with Crippen molar-refractivity contribution in [3.63, 3.8) is 0 Å². The van der Waals surface area contributed by atoms with Gasteiger partial charge in [-0.05, 0) is 91.3 Å². The van der Waals surface area contributed by atoms with Gasteiger partial charge in [0.1, 0.15) is 17.2 Å². The van der Waals surface area contributed by atoms with Gasteiger partial charge in [-0.25, -0.2) is 4.21 Å². The van der Waals surface area contributed by atoms with E-state index in [4.69, 9.17) is 13.7 Å². The molecule has 0 spiro atoms. The molecule has 0 bridgehead atoms. The fraction of sp³-hybridized carbons (Fsp3) is 0.308. The van der Waals surface area contributed by atoms with Crippen LogP contribution in [-0.4, -0.2) is 17.4 Å². The molecule has 3 aromatic carbocycles. The van der Waals surface area contributed by atoms with Gasteiger partial charge < -0.3 is 9.47 Å². The molecule has 1 aliphatic rings. The first-order valence-electron chi connectivity index (χ1n) is 10.7. The number of methoxy groups -OCH3 is 1. The third kappa shape index (κ3) is 5.75. The Morgan fingerprint density at radius 2 is 1.19 bits per heavy atom. The molecule has 162 valence electrons. The molecular formula is C26H28O4S. The minimum Gasteiger partial charge on any atom is -0.497 e. The van der Waals surface area contributed by atoms with Crippen molar-refractivity contribution < 1.29 is 17.9 Å². The van der Waals surface area contributed by atoms with Gasteiger partial charge in [-0.3, -0.25) is 4.18 Å². The SMILES string of the molecule is COc1ccc(-c2ccc(Oc3ccc(S(=O)OC4CCC(C)CC4)cc3)cc2)cc1. The van der Waals surface area contributed by atoms with Crippen LogP contribution in [0.25, 0.3) is 11.1 Å². The maximum absolute atomic E-state index is 12.5. The molecule has 31 heavy (non-hydrogen) atoms. The van der Waals surface area contributed by atoms with Crippen LogP contribution in [0.1, 0.15) is 32.6 Å². The molecule has 5 heteroatoms. The molecule has 0 radical (unpaired) electrons. The molecule has 0 N–H and O–H groups in total. The van der Waals surface area contributed by atoms with Crippen molar-refractivity contribution >= 4 is 11.1 Å². The Hall–Kier alpha value is -2.63. The summed E-state index contributed by atoms with van der Waals surface area (Å²) in [5.74, 6) is 3.03. The van der Waals surface area contributed by atoms with Crippen LogP contribution in [0.5, 0.6) is 17.2 Å². The number of hydrogen-bond acceptors (Lipinski definition) is 4. The van der Waals surface area contributed by atoms with E-state index in [1.807, 2.05) is 72.8 Å². The summed E-state index contributed by atoms with van der Waals surface area (Å²) in [4.78, 5) is 0.667. The van der Waals surface area contributed by atoms with E-state index >= 15 is 0 Å². The topological polar surface area (TPSA) is 44.8 Å². The Bertz CT molecular complexity index is 989. The predicted molar refractivity (Wildman–Crippen MR) is 124 cm³/mol. The molecule has 1 fully saturated rings. The summed E-state index contributed by atoms with van der Waals surface area (Å²) in [5.41, 5.74) is 2.22. The highest BCUT2D eigenvalue weighted by Crippen LogP contribution is 2.29. The second-order valence-electron chi connectivity index (χ2n) is 8.04. The maximum atomic E-state index is 12.5. The average Bonchev–Trinajstić information content (AvgIpc) is 2.81. The van der Waals surface area contributed by atoms with Gasteiger partial charge in [0, 0.05) is 0 Å². The van der Waals surface area contributed by atoms with Crippen molar-refractivity contribution in [1.82, 2.24) is 0 Å². The molecule has 4 rings (SSSR count). The summed E-state index contributed by atoms with van der Waals surface area (Å²) in [6.45, 7) is 2.26. The quantitative estimate of drug-likeness (QED) is 0.410. The molecule has 3 aromatic rings. The zero-order chi connectivity index (χ0) is 21.6. The number of ether oxygens (including phenoxy) is 2. The van der Waals surface area contributed by atoms with E-state index in [0.29, 0.717) is 10.6 Å². The van der Waals surface area contributed by atoms with E-state index in [1.165, 1.54) is 0 Å². The second kappa shape index (κ2) is 10.1. The van der Waals surface area contributed by atoms with Gasteiger partial charge in [0.2, 0.25) is 0 Å². The molecule has 0 amide bonds. The van der Waals surface area contributed by atoms with Crippen LogP contribution in [0.2, 0.25) is 0 Å². The fourth-order valence-corrected chi connectivity index (χ4v) is 4.67. The van der Waals surface area contributed by atoms with Gasteiger partial charge in [0.15, 0.2) is 11.1 Å². The molecule has 1 unspecified atom stereocenters. The lowest BCUT2D eigenvalue weighted by molar-refractivity contribution is 0.152. The van der Waals surface area contributed by atoms with Crippen LogP contribution in [0.15, 0.2) is 77.7 Å². The summed E-state index contributed by atoms with van der Waals surface area (Å²) in [6.07, 6.45) is 4.36. The summed E-state index contributed by atoms with van der Waals surface area (Å²) >= 11 is -1.44. The largest absolute Gasteiger partial charge is 0.497 e. The minimum absolute atomic E-state index is 0.0946. The van der Waals surface area contributed by atoms with E-state index in [2.05, 4.69) is 6.92 Å². The third-order valence-electron chi connectivity index (χ3n) is 5.72. The summed E-state index contributed by atoms with van der Waals surface area (Å²) in [5, 5.41) is 0. The normalized spacial score (nSPS) is 19.5. The fourth-order valence-electron chi connectivity index (χ4n) is 3.76. The number of benzene rings is 3.